The number of aryl methyl sites for hydroxylation is 1. The molecule has 0 amide bonds. The molecule has 2 rings (SSSR count). The van der Waals surface area contributed by atoms with Crippen LogP contribution in [0.5, 0.6) is 5.88 Å². The topological polar surface area (TPSA) is 190 Å². The van der Waals surface area contributed by atoms with Gasteiger partial charge in [0.25, 0.3) is 0 Å². The van der Waals surface area contributed by atoms with E-state index in [-0.39, 0.29) is 61.2 Å². The Balaban J connectivity index is 0.0000106. The number of aromatic nitrogens is 2. The molecule has 1 aliphatic rings. The molecule has 14 nitrogen and oxygen atoms in total. The summed E-state index contributed by atoms with van der Waals surface area (Å²) in [7, 11) is -3.14. The van der Waals surface area contributed by atoms with Gasteiger partial charge in [-0.1, -0.05) is 95.5 Å². The molecule has 1 aliphatic heterocycles. The van der Waals surface area contributed by atoms with Gasteiger partial charge in [-0.3, -0.25) is 13.6 Å². The first-order valence-corrected chi connectivity index (χ1v) is 17.9. The number of phosphoric acid groups is 1. The van der Waals surface area contributed by atoms with Crippen molar-refractivity contribution in [3.8, 4) is 5.88 Å². The zero-order valence-electron chi connectivity index (χ0n) is 28.3. The average Bonchev–Trinajstić information content (AvgIpc) is 3.43. The fraction of sp³-hybridized carbons (Fsp3) is 0.867. The molecule has 4 atom stereocenters. The number of phosphoric ester groups is 1. The summed E-state index contributed by atoms with van der Waals surface area (Å²) in [4.78, 5) is 28.6. The maximum atomic E-state index is 12.6. The minimum atomic E-state index is -4.59. The largest absolute Gasteiger partial charge is 1.00 e. The van der Waals surface area contributed by atoms with E-state index in [2.05, 4.69) is 21.9 Å². The minimum Gasteiger partial charge on any atom is -0.858 e. The number of unbranched alkanes of at least 4 members (excludes halogenated alkanes) is 13. The van der Waals surface area contributed by atoms with Crippen molar-refractivity contribution in [2.75, 3.05) is 33.5 Å². The zero-order valence-corrected chi connectivity index (χ0v) is 31.2. The molecule has 1 fully saturated rings. The second-order valence-electron chi connectivity index (χ2n) is 11.7. The maximum absolute atomic E-state index is 12.6. The van der Waals surface area contributed by atoms with E-state index in [9.17, 15) is 19.4 Å². The molecule has 1 aromatic rings. The second-order valence-corrected chi connectivity index (χ2v) is 13.2. The Morgan fingerprint density at radius 3 is 2.26 bits per heavy atom. The molecule has 1 N–H and O–H groups in total. The first-order valence-electron chi connectivity index (χ1n) is 16.4. The number of ether oxygens (including phenoxy) is 3. The Morgan fingerprint density at radius 2 is 1.70 bits per heavy atom. The Morgan fingerprint density at radius 1 is 1.11 bits per heavy atom. The van der Waals surface area contributed by atoms with Gasteiger partial charge < -0.3 is 24.2 Å². The van der Waals surface area contributed by atoms with Crippen LogP contribution < -0.4 is 40.4 Å². The third-order valence-electron chi connectivity index (χ3n) is 7.92. The number of azide groups is 1. The number of hydrogen-bond acceptors (Lipinski definition) is 10. The summed E-state index contributed by atoms with van der Waals surface area (Å²) in [6.07, 6.45) is 18.0. The van der Waals surface area contributed by atoms with E-state index >= 15 is 0 Å². The van der Waals surface area contributed by atoms with Crippen LogP contribution in [0.4, 0.5) is 0 Å². The van der Waals surface area contributed by atoms with Crippen LogP contribution in [0.3, 0.4) is 0 Å². The summed E-state index contributed by atoms with van der Waals surface area (Å²) < 4.78 is 40.7. The molecule has 1 aromatic heterocycles. The van der Waals surface area contributed by atoms with Crippen LogP contribution in [0.2, 0.25) is 0 Å². The van der Waals surface area contributed by atoms with Crippen molar-refractivity contribution in [2.24, 2.45) is 5.11 Å². The van der Waals surface area contributed by atoms with Gasteiger partial charge in [0.05, 0.1) is 19.8 Å². The Bertz CT molecular complexity index is 1140. The number of nitrogens with zero attached hydrogens (tertiary/aromatic N) is 5. The molecule has 46 heavy (non-hydrogen) atoms. The van der Waals surface area contributed by atoms with E-state index in [1.165, 1.54) is 97.3 Å². The second kappa shape index (κ2) is 24.2. The van der Waals surface area contributed by atoms with E-state index in [0.29, 0.717) is 6.61 Å². The predicted molar refractivity (Wildman–Crippen MR) is 168 cm³/mol. The smallest absolute Gasteiger partial charge is 0.858 e. The molecule has 258 valence electrons. The monoisotopic (exact) mass is 681 g/mol. The van der Waals surface area contributed by atoms with Gasteiger partial charge in [-0.05, 0) is 43.2 Å². The summed E-state index contributed by atoms with van der Waals surface area (Å²) in [5.74, 6) is -0.646. The van der Waals surface area contributed by atoms with Gasteiger partial charge in [-0.2, -0.15) is 0 Å². The number of hydrogen-bond donors (Lipinski definition) is 1. The number of methoxy groups -OCH3 is 1. The molecule has 0 radical (unpaired) electrons. The van der Waals surface area contributed by atoms with E-state index < -0.39 is 44.1 Å². The van der Waals surface area contributed by atoms with Gasteiger partial charge >= 0.3 is 43.1 Å². The Labute approximate surface area is 295 Å². The van der Waals surface area contributed by atoms with E-state index in [1.54, 1.807) is 0 Å². The molecule has 4 unspecified atom stereocenters. The molecule has 0 aliphatic carbocycles. The van der Waals surface area contributed by atoms with Crippen LogP contribution >= 0.6 is 7.82 Å². The fourth-order valence-corrected chi connectivity index (χ4v) is 5.95. The zero-order chi connectivity index (χ0) is 33.0. The van der Waals surface area contributed by atoms with Crippen molar-refractivity contribution < 1.29 is 67.4 Å². The van der Waals surface area contributed by atoms with Gasteiger partial charge in [0, 0.05) is 24.8 Å². The molecule has 0 aromatic carbocycles. The van der Waals surface area contributed by atoms with Gasteiger partial charge in [-0.15, -0.1) is 0 Å². The number of rotatable bonds is 26. The van der Waals surface area contributed by atoms with Crippen molar-refractivity contribution in [3.05, 3.63) is 32.7 Å². The first kappa shape index (κ1) is 43.0. The summed E-state index contributed by atoms with van der Waals surface area (Å²) in [6, 6.07) is 0. The molecule has 0 saturated carbocycles. The SMILES string of the molecule is CCCCCCCCCCCCCCCCOCC(COP(=O)(O)OCC1(N=[N+]=[N-])CCC(n2cc(C)c([O-])nc2=O)O1)OC.[Na+]. The third kappa shape index (κ3) is 16.9. The molecular formula is C30H53N5NaO9P. The summed E-state index contributed by atoms with van der Waals surface area (Å²) in [5, 5.41) is 15.3. The third-order valence-corrected chi connectivity index (χ3v) is 8.85. The van der Waals surface area contributed by atoms with Crippen molar-refractivity contribution in [3.63, 3.8) is 0 Å². The van der Waals surface area contributed by atoms with Crippen LogP contribution in [-0.4, -0.2) is 59.8 Å². The Kier molecular flexibility index (Phi) is 22.6. The average molecular weight is 682 g/mol. The summed E-state index contributed by atoms with van der Waals surface area (Å²) in [6.45, 7) is 3.64. The first-order chi connectivity index (χ1) is 21.6. The van der Waals surface area contributed by atoms with Crippen molar-refractivity contribution >= 4 is 7.82 Å². The summed E-state index contributed by atoms with van der Waals surface area (Å²) in [5.41, 5.74) is 6.82. The Hall–Kier alpha value is -1.02. The van der Waals surface area contributed by atoms with E-state index in [0.717, 1.165) is 17.4 Å². The quantitative estimate of drug-likeness (QED) is 0.0378. The van der Waals surface area contributed by atoms with Gasteiger partial charge in [0.1, 0.15) is 12.3 Å². The van der Waals surface area contributed by atoms with Crippen molar-refractivity contribution in [2.45, 2.75) is 135 Å². The standard InChI is InChI=1S/C30H54N5O9P.Na/c1-4-5-6-7-8-9-10-11-12-13-14-15-16-17-20-41-22-26(40-3)23-42-45(38,39)43-24-30(33-34-31)19-18-27(44-30)35-21-25(2)28(36)32-29(35)37;/h21,26-27H,4-20,22-24H2,1-3H3,(H,38,39)(H,32,36,37);/q;+1/p-1. The van der Waals surface area contributed by atoms with Crippen LogP contribution in [0.25, 0.3) is 10.4 Å². The van der Waals surface area contributed by atoms with Crippen molar-refractivity contribution in [1.29, 1.82) is 0 Å². The molecule has 0 spiro atoms. The van der Waals surface area contributed by atoms with Crippen LogP contribution in [-0.2, 0) is 27.8 Å². The normalized spacial score (nSPS) is 19.7. The van der Waals surface area contributed by atoms with Crippen LogP contribution in [0, 0.1) is 6.92 Å². The fourth-order valence-electron chi connectivity index (χ4n) is 5.16. The molecule has 16 heteroatoms. The van der Waals surface area contributed by atoms with E-state index in [1.807, 2.05) is 0 Å². The van der Waals surface area contributed by atoms with Crippen LogP contribution in [0.1, 0.15) is 121 Å². The van der Waals surface area contributed by atoms with Gasteiger partial charge in [-0.25, -0.2) is 14.3 Å². The van der Waals surface area contributed by atoms with Gasteiger partial charge in [0.2, 0.25) is 0 Å². The molecule has 1 saturated heterocycles. The van der Waals surface area contributed by atoms with E-state index in [4.69, 9.17) is 28.8 Å². The summed E-state index contributed by atoms with van der Waals surface area (Å²) >= 11 is 0. The molecular weight excluding hydrogens is 628 g/mol. The molecule has 2 heterocycles. The van der Waals surface area contributed by atoms with Gasteiger partial charge in [0.15, 0.2) is 5.72 Å². The predicted octanol–water partition coefficient (Wildman–Crippen LogP) is 3.59. The van der Waals surface area contributed by atoms with Crippen LogP contribution in [0.15, 0.2) is 16.1 Å². The van der Waals surface area contributed by atoms with Crippen molar-refractivity contribution in [1.82, 2.24) is 9.55 Å². The minimum absolute atomic E-state index is 0. The molecule has 0 bridgehead atoms. The maximum Gasteiger partial charge on any atom is 1.00 e.